The van der Waals surface area contributed by atoms with E-state index in [9.17, 15) is 35.1 Å². The number of hydrogen-bond acceptors (Lipinski definition) is 19. The van der Waals surface area contributed by atoms with Crippen LogP contribution in [0.1, 0.15) is 70.3 Å². The molecule has 4 aromatic heterocycles. The van der Waals surface area contributed by atoms with E-state index in [1.54, 1.807) is 171 Å². The smallest absolute Gasteiger partial charge is 0.324 e. The molecule has 34 heteroatoms. The number of hydrogen-bond donors (Lipinski definition) is 3. The number of halogens is 9. The summed E-state index contributed by atoms with van der Waals surface area (Å²) in [5.41, 5.74) is 26.8. The third kappa shape index (κ3) is 23.8. The maximum absolute atomic E-state index is 15.9. The van der Waals surface area contributed by atoms with Crippen LogP contribution >= 0.6 is 113 Å². The van der Waals surface area contributed by atoms with Crippen molar-refractivity contribution in [2.45, 2.75) is 58.5 Å². The van der Waals surface area contributed by atoms with E-state index in [1.165, 1.54) is 81.7 Å². The summed E-state index contributed by atoms with van der Waals surface area (Å²) >= 11 is 30.0. The first-order chi connectivity index (χ1) is 56.5. The molecule has 0 saturated carbocycles. The van der Waals surface area contributed by atoms with Gasteiger partial charge in [-0.05, 0) is 172 Å². The zero-order valence-electron chi connectivity index (χ0n) is 63.7. The molecule has 16 aromatic rings. The van der Waals surface area contributed by atoms with Gasteiger partial charge in [-0.3, -0.25) is 35.1 Å². The molecule has 19 nitrogen and oxygen atoms in total. The van der Waals surface area contributed by atoms with Gasteiger partial charge in [0.25, 0.3) is 17.1 Å². The van der Waals surface area contributed by atoms with Crippen LogP contribution in [0.15, 0.2) is 229 Å². The van der Waals surface area contributed by atoms with Gasteiger partial charge < -0.3 is 28.5 Å². The molecule has 0 aliphatic carbocycles. The molecule has 121 heavy (non-hydrogen) atoms. The Morgan fingerprint density at radius 2 is 0.752 bits per heavy atom. The SMILES string of the molecule is CC(C)(C)OC(=O)Cc1nc2c(-c3cccc(Cl)c3)c(F)c(Cc3ccc([N+](=O)[O-])cc3)cc2s1.Cl.Nc1ccc(Cc2cc3scnc3c(-c3cccc(Cl)c3)c2F)cc1.Nc1nc2c(-c3cccc(Cl)c3)c(F)c(Cc3ccc([N+](=O)[O-])cc3)cc2s1.O=PO.O=[N+]([O-])c1ccc(Cc2cc3scnc3c(-c3cccc(Cl)c3)c2F)cc1.[CH3-].[Pd]. The van der Waals surface area contributed by atoms with Gasteiger partial charge in [0, 0.05) is 131 Å². The Labute approximate surface area is 747 Å². The van der Waals surface area contributed by atoms with Crippen molar-refractivity contribution in [2.75, 3.05) is 11.5 Å². The van der Waals surface area contributed by atoms with Gasteiger partial charge in [0.2, 0.25) is 0 Å². The van der Waals surface area contributed by atoms with Crippen molar-refractivity contribution in [2.24, 2.45) is 0 Å². The molecule has 622 valence electrons. The summed E-state index contributed by atoms with van der Waals surface area (Å²) in [6.45, 7) is 5.38. The number of thiazole rings is 4. The van der Waals surface area contributed by atoms with Gasteiger partial charge in [-0.15, -0.1) is 46.4 Å². The quantitative estimate of drug-likeness (QED) is 0.0112. The summed E-state index contributed by atoms with van der Waals surface area (Å²) < 4.78 is 79.4. The van der Waals surface area contributed by atoms with Gasteiger partial charge in [0.05, 0.1) is 73.1 Å². The average Bonchev–Trinajstić information content (AvgIpc) is 1.72. The number of anilines is 2. The van der Waals surface area contributed by atoms with Crippen molar-refractivity contribution in [3.05, 3.63) is 360 Å². The van der Waals surface area contributed by atoms with Crippen LogP contribution in [0.5, 0.6) is 0 Å². The van der Waals surface area contributed by atoms with Crippen LogP contribution in [0, 0.1) is 61.0 Å². The van der Waals surface area contributed by atoms with E-state index in [4.69, 9.17) is 72.1 Å². The van der Waals surface area contributed by atoms with Gasteiger partial charge in [-0.2, -0.15) is 0 Å². The second-order valence-electron chi connectivity index (χ2n) is 27.3. The molecule has 12 aromatic carbocycles. The summed E-state index contributed by atoms with van der Waals surface area (Å²) in [4.78, 5) is 68.1. The second kappa shape index (κ2) is 42.2. The number of non-ortho nitro benzene ring substituents is 3. The molecular weight excluding hydrogens is 1850 g/mol. The van der Waals surface area contributed by atoms with E-state index < -0.39 is 46.7 Å². The number of aromatic nitrogens is 4. The Morgan fingerprint density at radius 3 is 1.06 bits per heavy atom. The normalized spacial score (nSPS) is 10.8. The Hall–Kier alpha value is -10.6. The average molecular weight is 1920 g/mol. The molecule has 0 atom stereocenters. The molecule has 4 heterocycles. The van der Waals surface area contributed by atoms with Gasteiger partial charge in [-0.25, -0.2) is 42.1 Å². The number of nitrogens with two attached hydrogens (primary N) is 2. The van der Waals surface area contributed by atoms with Crippen LogP contribution in [0.4, 0.5) is 45.4 Å². The summed E-state index contributed by atoms with van der Waals surface area (Å²) in [5.74, 6) is -1.87. The molecule has 0 bridgehead atoms. The number of ether oxygens (including phenoxy) is 1. The molecule has 5 N–H and O–H groups in total. The fourth-order valence-electron chi connectivity index (χ4n) is 12.8. The van der Waals surface area contributed by atoms with Crippen LogP contribution in [0.25, 0.3) is 85.4 Å². The zero-order valence-corrected chi connectivity index (χ0v) is 73.3. The molecule has 0 aliphatic heterocycles. The van der Waals surface area contributed by atoms with E-state index in [2.05, 4.69) is 19.9 Å². The van der Waals surface area contributed by atoms with Gasteiger partial charge in [-0.1, -0.05) is 155 Å². The number of benzene rings is 12. The van der Waals surface area contributed by atoms with Crippen LogP contribution in [0.3, 0.4) is 0 Å². The number of carbonyl (C=O) groups is 1. The minimum Gasteiger partial charge on any atom is -0.460 e. The van der Waals surface area contributed by atoms with E-state index >= 15 is 17.6 Å². The van der Waals surface area contributed by atoms with Crippen molar-refractivity contribution < 1.29 is 71.7 Å². The predicted molar refractivity (Wildman–Crippen MR) is 479 cm³/mol. The predicted octanol–water partition coefficient (Wildman–Crippen LogP) is 26.2. The molecule has 0 aliphatic rings. The third-order valence-corrected chi connectivity index (χ3v) is 22.2. The van der Waals surface area contributed by atoms with Gasteiger partial charge >= 0.3 is 14.7 Å². The molecule has 0 unspecified atom stereocenters. The summed E-state index contributed by atoms with van der Waals surface area (Å²) in [6.07, 6.45) is 1.31. The molecule has 0 spiro atoms. The number of esters is 1. The van der Waals surface area contributed by atoms with Gasteiger partial charge in [0.15, 0.2) is 5.13 Å². The number of fused-ring (bicyclic) bond motifs is 4. The summed E-state index contributed by atoms with van der Waals surface area (Å²) in [6, 6.07) is 60.9. The Bertz CT molecular complexity index is 6480. The van der Waals surface area contributed by atoms with E-state index in [-0.39, 0.29) is 88.2 Å². The number of carbonyl (C=O) groups excluding carboxylic acids is 1. The maximum atomic E-state index is 15.9. The van der Waals surface area contributed by atoms with E-state index in [0.29, 0.717) is 132 Å². The molecular formula is C87H66Cl5F4N9O10PPdS4-. The second-order valence-corrected chi connectivity index (χ2v) is 33.1. The molecule has 0 saturated heterocycles. The largest absolute Gasteiger partial charge is 0.460 e. The topological polar surface area (TPSA) is 297 Å². The fourth-order valence-corrected chi connectivity index (χ4v) is 16.9. The molecule has 0 amide bonds. The van der Waals surface area contributed by atoms with Crippen molar-refractivity contribution >= 4 is 188 Å². The number of nitro groups is 3. The fraction of sp³-hybridized carbons (Fsp3) is 0.103. The van der Waals surface area contributed by atoms with Crippen molar-refractivity contribution in [1.82, 2.24) is 19.9 Å². The van der Waals surface area contributed by atoms with Crippen molar-refractivity contribution in [3.8, 4) is 44.5 Å². The van der Waals surface area contributed by atoms with E-state index in [0.717, 1.165) is 46.6 Å². The minimum absolute atomic E-state index is 0. The minimum atomic E-state index is -0.833. The van der Waals surface area contributed by atoms with Gasteiger partial charge in [0.1, 0.15) is 33.9 Å². The van der Waals surface area contributed by atoms with Crippen molar-refractivity contribution in [3.63, 3.8) is 0 Å². The van der Waals surface area contributed by atoms with E-state index in [1.807, 2.05) is 42.5 Å². The Kier molecular flexibility index (Phi) is 32.9. The number of rotatable bonds is 17. The Morgan fingerprint density at radius 1 is 0.463 bits per heavy atom. The number of nitro benzene ring substituents is 3. The van der Waals surface area contributed by atoms with Crippen LogP contribution in [-0.4, -0.2) is 51.2 Å². The monoisotopic (exact) mass is 1910 g/mol. The first-order valence-corrected chi connectivity index (χ1v) is 41.0. The number of nitrogens with zero attached hydrogens (tertiary/aromatic N) is 7. The third-order valence-electron chi connectivity index (χ3n) is 17.9. The Balaban J connectivity index is 0.000000181. The molecule has 0 fully saturated rings. The molecule has 0 radical (unpaired) electrons. The standard InChI is InChI=1S/C26H22ClFN2O4S.C20H13ClFN3O2S.C20H12ClFN2O2S.C20H14ClFN2S.CH3.ClH.HO2P.Pd/c1-26(2,3)34-22(31)14-21-29-25-20(35-21)13-17(11-15-7-9-19(10-8-15)30(32)33)24(28)23(25)16-5-4-6-18(27)12-16;21-14-3-1-2-12(9-14)17-18(22)13(10-16-19(17)24-20(23)28-16)8-11-4-6-15(7-5-11)25(26)27;21-15-3-1-2-13(9-15)18-19(22)14(10-17-20(18)23-11-27-17)8-12-4-6-16(7-5-12)24(25)26;21-15-3-1-2-13(9-15)18-19(22)14(10-17-20(18)24-11-25-17)8-12-4-6-16(23)7-5-12;;;1-3-2;/h4-10,12-13H,11,14H2,1-3H3;1-7,9-10H,8H2,(H2,23,24);1-7,9-11H,8H2;1-7,9-11H,8,23H2;1H3;1H;(H,1,2);/q;;;;-1;;;. The first kappa shape index (κ1) is 94.2. The zero-order chi connectivity index (χ0) is 84.2. The first-order valence-electron chi connectivity index (χ1n) is 35.3. The summed E-state index contributed by atoms with van der Waals surface area (Å²) in [7, 11) is -0.833. The van der Waals surface area contributed by atoms with Crippen molar-refractivity contribution in [1.29, 1.82) is 0 Å². The summed E-state index contributed by atoms with van der Waals surface area (Å²) in [5, 5.41) is 35.5. The maximum Gasteiger partial charge on any atom is 0.324 e. The number of nitrogen functional groups attached to an aromatic ring is 2. The molecule has 16 rings (SSSR count). The van der Waals surface area contributed by atoms with Crippen LogP contribution < -0.4 is 11.5 Å². The van der Waals surface area contributed by atoms with Crippen LogP contribution in [-0.2, 0) is 66.6 Å². The van der Waals surface area contributed by atoms with Crippen LogP contribution in [0.2, 0.25) is 20.1 Å².